The average Bonchev–Trinajstić information content (AvgIpc) is 2.83. The maximum atomic E-state index is 12.3. The lowest BCUT2D eigenvalue weighted by Crippen LogP contribution is -2.51. The fraction of sp³-hybridized carbons (Fsp3) is 0.500. The minimum Gasteiger partial charge on any atom is -0.481 e. The number of sulfonamides is 1. The molecule has 3 rings (SSSR count). The minimum atomic E-state index is -3.51. The molecule has 22 heavy (non-hydrogen) atoms. The molecule has 0 aromatic heterocycles. The van der Waals surface area contributed by atoms with Crippen molar-refractivity contribution in [2.24, 2.45) is 5.92 Å². The van der Waals surface area contributed by atoms with Gasteiger partial charge in [-0.15, -0.1) is 0 Å². The van der Waals surface area contributed by atoms with Gasteiger partial charge < -0.3 is 15.2 Å². The lowest BCUT2D eigenvalue weighted by molar-refractivity contribution is -0.124. The van der Waals surface area contributed by atoms with Crippen LogP contribution < -0.4 is 10.1 Å². The van der Waals surface area contributed by atoms with Crippen LogP contribution in [0.25, 0.3) is 0 Å². The molecule has 7 nitrogen and oxygen atoms in total. The summed E-state index contributed by atoms with van der Waals surface area (Å²) in [4.78, 5) is 11.6. The summed E-state index contributed by atoms with van der Waals surface area (Å²) in [6, 6.07) is 6.07. The smallest absolute Gasteiger partial charge is 0.261 e. The van der Waals surface area contributed by atoms with Gasteiger partial charge in [-0.3, -0.25) is 4.79 Å². The molecule has 0 unspecified atom stereocenters. The van der Waals surface area contributed by atoms with Crippen LogP contribution in [0.2, 0.25) is 0 Å². The number of ether oxygens (including phenoxy) is 1. The Kier molecular flexibility index (Phi) is 4.07. The van der Waals surface area contributed by atoms with E-state index in [4.69, 9.17) is 9.84 Å². The van der Waals surface area contributed by atoms with Crippen molar-refractivity contribution in [3.8, 4) is 5.75 Å². The molecule has 2 N–H and O–H groups in total. The standard InChI is InChI=1S/C14H18N2O5S/c17-9-10-7-16(8-10)22(19,20)12-3-1-11(2-4-12)21-13-5-6-15-14(13)18/h1-4,10,13,17H,5-9H2,(H,15,18)/t13-/m0/s1. The third-order valence-electron chi connectivity index (χ3n) is 3.92. The Bertz CT molecular complexity index is 652. The summed E-state index contributed by atoms with van der Waals surface area (Å²) in [5.74, 6) is 0.350. The summed E-state index contributed by atoms with van der Waals surface area (Å²) in [7, 11) is -3.51. The van der Waals surface area contributed by atoms with E-state index in [1.807, 2.05) is 0 Å². The zero-order chi connectivity index (χ0) is 15.7. The predicted molar refractivity (Wildman–Crippen MR) is 77.8 cm³/mol. The summed E-state index contributed by atoms with van der Waals surface area (Å²) < 4.78 is 31.5. The number of aliphatic hydroxyl groups excluding tert-OH is 1. The highest BCUT2D eigenvalue weighted by Crippen LogP contribution is 2.26. The topological polar surface area (TPSA) is 95.9 Å². The number of hydrogen-bond donors (Lipinski definition) is 2. The van der Waals surface area contributed by atoms with Gasteiger partial charge in [-0.05, 0) is 24.3 Å². The van der Waals surface area contributed by atoms with E-state index in [0.717, 1.165) is 0 Å². The summed E-state index contributed by atoms with van der Waals surface area (Å²) in [6.07, 6.45) is 0.0954. The number of nitrogens with zero attached hydrogens (tertiary/aromatic N) is 1. The largest absolute Gasteiger partial charge is 0.481 e. The monoisotopic (exact) mass is 326 g/mol. The molecule has 120 valence electrons. The molecule has 0 saturated carbocycles. The van der Waals surface area contributed by atoms with Crippen molar-refractivity contribution in [2.75, 3.05) is 26.2 Å². The molecule has 2 aliphatic heterocycles. The van der Waals surface area contributed by atoms with Crippen molar-refractivity contribution in [2.45, 2.75) is 17.4 Å². The Labute approximate surface area is 128 Å². The molecular weight excluding hydrogens is 308 g/mol. The third-order valence-corrected chi connectivity index (χ3v) is 5.77. The van der Waals surface area contributed by atoms with Crippen LogP contribution in [0.3, 0.4) is 0 Å². The fourth-order valence-corrected chi connectivity index (χ4v) is 4.11. The number of benzene rings is 1. The highest BCUT2D eigenvalue weighted by atomic mass is 32.2. The quantitative estimate of drug-likeness (QED) is 0.765. The van der Waals surface area contributed by atoms with E-state index in [1.54, 1.807) is 12.1 Å². The van der Waals surface area contributed by atoms with Gasteiger partial charge >= 0.3 is 0 Å². The highest BCUT2D eigenvalue weighted by Gasteiger charge is 2.36. The number of carbonyl (C=O) groups excluding carboxylic acids is 1. The second-order valence-electron chi connectivity index (χ2n) is 5.53. The molecule has 2 aliphatic rings. The van der Waals surface area contributed by atoms with Gasteiger partial charge in [0, 0.05) is 38.6 Å². The molecule has 1 aromatic rings. The minimum absolute atomic E-state index is 0.00223. The van der Waals surface area contributed by atoms with E-state index in [1.165, 1.54) is 16.4 Å². The van der Waals surface area contributed by atoms with Crippen LogP contribution in [0, 0.1) is 5.92 Å². The van der Waals surface area contributed by atoms with Gasteiger partial charge in [0.15, 0.2) is 6.10 Å². The molecule has 0 bridgehead atoms. The summed E-state index contributed by atoms with van der Waals surface area (Å²) in [6.45, 7) is 1.29. The van der Waals surface area contributed by atoms with Crippen molar-refractivity contribution >= 4 is 15.9 Å². The normalized spacial score (nSPS) is 23.1. The van der Waals surface area contributed by atoms with E-state index >= 15 is 0 Å². The molecular formula is C14H18N2O5S. The van der Waals surface area contributed by atoms with E-state index in [0.29, 0.717) is 31.8 Å². The van der Waals surface area contributed by atoms with Crippen LogP contribution in [0.15, 0.2) is 29.2 Å². The molecule has 2 heterocycles. The first-order valence-corrected chi connectivity index (χ1v) is 8.60. The summed E-state index contributed by atoms with van der Waals surface area (Å²) in [5, 5.41) is 11.6. The lowest BCUT2D eigenvalue weighted by Gasteiger charge is -2.36. The van der Waals surface area contributed by atoms with Gasteiger partial charge in [0.05, 0.1) is 4.90 Å². The predicted octanol–water partition coefficient (Wildman–Crippen LogP) is -0.433. The van der Waals surface area contributed by atoms with Crippen molar-refractivity contribution in [1.82, 2.24) is 9.62 Å². The Morgan fingerprint density at radius 2 is 1.95 bits per heavy atom. The van der Waals surface area contributed by atoms with Gasteiger partial charge in [0.2, 0.25) is 10.0 Å². The molecule has 0 aliphatic carbocycles. The number of hydrogen-bond acceptors (Lipinski definition) is 5. The Morgan fingerprint density at radius 1 is 1.27 bits per heavy atom. The maximum absolute atomic E-state index is 12.3. The average molecular weight is 326 g/mol. The second-order valence-corrected chi connectivity index (χ2v) is 7.47. The molecule has 0 radical (unpaired) electrons. The summed E-state index contributed by atoms with van der Waals surface area (Å²) in [5.41, 5.74) is 0. The number of carbonyl (C=O) groups is 1. The lowest BCUT2D eigenvalue weighted by atomic mass is 10.1. The molecule has 2 fully saturated rings. The van der Waals surface area contributed by atoms with E-state index in [2.05, 4.69) is 5.32 Å². The number of rotatable bonds is 5. The van der Waals surface area contributed by atoms with Gasteiger partial charge in [0.1, 0.15) is 5.75 Å². The first-order valence-electron chi connectivity index (χ1n) is 7.16. The van der Waals surface area contributed by atoms with E-state index in [9.17, 15) is 13.2 Å². The highest BCUT2D eigenvalue weighted by molar-refractivity contribution is 7.89. The molecule has 1 aromatic carbocycles. The molecule has 8 heteroatoms. The molecule has 0 spiro atoms. The first-order chi connectivity index (χ1) is 10.5. The zero-order valence-electron chi connectivity index (χ0n) is 11.9. The van der Waals surface area contributed by atoms with Crippen molar-refractivity contribution < 1.29 is 23.1 Å². The maximum Gasteiger partial charge on any atom is 0.261 e. The summed E-state index contributed by atoms with van der Waals surface area (Å²) >= 11 is 0. The van der Waals surface area contributed by atoms with Gasteiger partial charge in [-0.2, -0.15) is 4.31 Å². The zero-order valence-corrected chi connectivity index (χ0v) is 12.8. The third kappa shape index (κ3) is 2.81. The molecule has 1 amide bonds. The Morgan fingerprint density at radius 3 is 2.50 bits per heavy atom. The fourth-order valence-electron chi connectivity index (χ4n) is 2.52. The number of nitrogens with one attached hydrogen (secondary N) is 1. The van der Waals surface area contributed by atoms with Crippen LogP contribution >= 0.6 is 0 Å². The van der Waals surface area contributed by atoms with Gasteiger partial charge in [0.25, 0.3) is 5.91 Å². The van der Waals surface area contributed by atoms with E-state index in [-0.39, 0.29) is 23.3 Å². The van der Waals surface area contributed by atoms with Gasteiger partial charge in [-0.25, -0.2) is 8.42 Å². The Hall–Kier alpha value is -1.64. The van der Waals surface area contributed by atoms with Crippen LogP contribution in [0.4, 0.5) is 0 Å². The van der Waals surface area contributed by atoms with Crippen LogP contribution in [0.1, 0.15) is 6.42 Å². The van der Waals surface area contributed by atoms with Crippen LogP contribution in [-0.4, -0.2) is 56.1 Å². The molecule has 2 saturated heterocycles. The Balaban J connectivity index is 1.67. The van der Waals surface area contributed by atoms with Crippen molar-refractivity contribution in [3.63, 3.8) is 0 Å². The van der Waals surface area contributed by atoms with Crippen LogP contribution in [0.5, 0.6) is 5.75 Å². The van der Waals surface area contributed by atoms with Crippen LogP contribution in [-0.2, 0) is 14.8 Å². The van der Waals surface area contributed by atoms with Crippen molar-refractivity contribution in [3.05, 3.63) is 24.3 Å². The number of aliphatic hydroxyl groups is 1. The van der Waals surface area contributed by atoms with E-state index < -0.39 is 16.1 Å². The SMILES string of the molecule is O=C1NCC[C@@H]1Oc1ccc(S(=O)(=O)N2CC(CO)C2)cc1. The first kappa shape index (κ1) is 15.3. The molecule has 1 atom stereocenters. The number of amides is 1. The van der Waals surface area contributed by atoms with Gasteiger partial charge in [-0.1, -0.05) is 0 Å². The van der Waals surface area contributed by atoms with Crippen molar-refractivity contribution in [1.29, 1.82) is 0 Å². The second kappa shape index (κ2) is 5.86.